The lowest BCUT2D eigenvalue weighted by Crippen LogP contribution is -2.45. The van der Waals surface area contributed by atoms with E-state index in [1.807, 2.05) is 0 Å². The van der Waals surface area contributed by atoms with Crippen LogP contribution in [0.2, 0.25) is 0 Å². The van der Waals surface area contributed by atoms with E-state index in [0.717, 1.165) is 37.2 Å². The molecule has 1 saturated heterocycles. The van der Waals surface area contributed by atoms with Crippen LogP contribution in [0.4, 0.5) is 11.4 Å². The topological polar surface area (TPSA) is 61.6 Å². The van der Waals surface area contributed by atoms with Gasteiger partial charge >= 0.3 is 0 Å². The highest BCUT2D eigenvalue weighted by Gasteiger charge is 2.15. The van der Waals surface area contributed by atoms with Crippen LogP contribution in [-0.2, 0) is 0 Å². The van der Waals surface area contributed by atoms with Gasteiger partial charge in [0.2, 0.25) is 0 Å². The zero-order chi connectivity index (χ0) is 14.5. The first-order valence-electron chi connectivity index (χ1n) is 6.65. The minimum atomic E-state index is -0.357. The number of rotatable bonds is 5. The highest BCUT2D eigenvalue weighted by molar-refractivity contribution is 9.10. The summed E-state index contributed by atoms with van der Waals surface area (Å²) in [6, 6.07) is 4.95. The fourth-order valence-corrected chi connectivity index (χ4v) is 2.59. The number of hydrogen-bond donors (Lipinski definition) is 1. The van der Waals surface area contributed by atoms with Gasteiger partial charge in [0.25, 0.3) is 5.69 Å². The highest BCUT2D eigenvalue weighted by atomic mass is 79.9. The first kappa shape index (κ1) is 15.2. The first-order valence-corrected chi connectivity index (χ1v) is 7.44. The fraction of sp³-hybridized carbons (Fsp3) is 0.538. The molecule has 0 atom stereocenters. The fourth-order valence-electron chi connectivity index (χ4n) is 2.23. The van der Waals surface area contributed by atoms with Gasteiger partial charge < -0.3 is 10.2 Å². The standard InChI is InChI=1S/C13H19BrN4O2/c1-16-6-8-17(9-7-16)5-4-15-12-10-11(14)2-3-13(12)18(19)20/h2-3,10,15H,4-9H2,1H3. The van der Waals surface area contributed by atoms with E-state index in [1.54, 1.807) is 12.1 Å². The molecule has 1 fully saturated rings. The number of likely N-dealkylation sites (N-methyl/N-ethyl adjacent to an activating group) is 1. The third-order valence-electron chi connectivity index (χ3n) is 3.49. The van der Waals surface area contributed by atoms with Gasteiger partial charge in [0.15, 0.2) is 0 Å². The normalized spacial score (nSPS) is 17.1. The molecule has 2 rings (SSSR count). The van der Waals surface area contributed by atoms with Crippen LogP contribution in [0.5, 0.6) is 0 Å². The monoisotopic (exact) mass is 342 g/mol. The number of piperazine rings is 1. The van der Waals surface area contributed by atoms with Gasteiger partial charge in [0.05, 0.1) is 4.92 Å². The molecule has 0 spiro atoms. The second-order valence-corrected chi connectivity index (χ2v) is 5.91. The summed E-state index contributed by atoms with van der Waals surface area (Å²) in [6.45, 7) is 5.88. The summed E-state index contributed by atoms with van der Waals surface area (Å²) in [7, 11) is 2.13. The second kappa shape index (κ2) is 7.01. The van der Waals surface area contributed by atoms with E-state index in [-0.39, 0.29) is 10.6 Å². The van der Waals surface area contributed by atoms with E-state index in [1.165, 1.54) is 6.07 Å². The van der Waals surface area contributed by atoms with Crippen molar-refractivity contribution in [3.63, 3.8) is 0 Å². The van der Waals surface area contributed by atoms with Crippen LogP contribution in [-0.4, -0.2) is 61.0 Å². The molecule has 1 aromatic carbocycles. The van der Waals surface area contributed by atoms with Crippen molar-refractivity contribution in [2.75, 3.05) is 51.6 Å². The maximum absolute atomic E-state index is 11.0. The molecule has 6 nitrogen and oxygen atoms in total. The molecule has 7 heteroatoms. The molecule has 20 heavy (non-hydrogen) atoms. The van der Waals surface area contributed by atoms with Crippen LogP contribution in [0, 0.1) is 10.1 Å². The Morgan fingerprint density at radius 2 is 2.05 bits per heavy atom. The van der Waals surface area contributed by atoms with Crippen molar-refractivity contribution >= 4 is 27.3 Å². The van der Waals surface area contributed by atoms with E-state index in [9.17, 15) is 10.1 Å². The maximum atomic E-state index is 11.0. The Morgan fingerprint density at radius 1 is 1.35 bits per heavy atom. The molecule has 0 aliphatic carbocycles. The molecular weight excluding hydrogens is 324 g/mol. The van der Waals surface area contributed by atoms with E-state index in [4.69, 9.17) is 0 Å². The number of halogens is 1. The van der Waals surface area contributed by atoms with Crippen molar-refractivity contribution in [2.45, 2.75) is 0 Å². The summed E-state index contributed by atoms with van der Waals surface area (Å²) < 4.78 is 0.838. The molecule has 0 saturated carbocycles. The summed E-state index contributed by atoms with van der Waals surface area (Å²) in [5.41, 5.74) is 0.685. The number of anilines is 1. The summed E-state index contributed by atoms with van der Waals surface area (Å²) in [5, 5.41) is 14.1. The molecule has 0 aromatic heterocycles. The molecule has 1 aliphatic rings. The lowest BCUT2D eigenvalue weighted by Gasteiger charge is -2.32. The van der Waals surface area contributed by atoms with Crippen molar-refractivity contribution in [3.05, 3.63) is 32.8 Å². The van der Waals surface area contributed by atoms with Crippen LogP contribution >= 0.6 is 15.9 Å². The van der Waals surface area contributed by atoms with Crippen molar-refractivity contribution in [1.82, 2.24) is 9.80 Å². The van der Waals surface area contributed by atoms with Gasteiger partial charge in [-0.1, -0.05) is 15.9 Å². The van der Waals surface area contributed by atoms with E-state index < -0.39 is 0 Å². The quantitative estimate of drug-likeness (QED) is 0.655. The summed E-state index contributed by atoms with van der Waals surface area (Å²) in [4.78, 5) is 15.3. The molecule has 1 aliphatic heterocycles. The molecular formula is C13H19BrN4O2. The summed E-state index contributed by atoms with van der Waals surface area (Å²) >= 11 is 3.34. The van der Waals surface area contributed by atoms with Crippen molar-refractivity contribution in [2.24, 2.45) is 0 Å². The molecule has 0 bridgehead atoms. The Labute approximate surface area is 127 Å². The van der Waals surface area contributed by atoms with Crippen molar-refractivity contribution < 1.29 is 4.92 Å². The highest BCUT2D eigenvalue weighted by Crippen LogP contribution is 2.27. The number of nitrogens with one attached hydrogen (secondary N) is 1. The van der Waals surface area contributed by atoms with Crippen LogP contribution in [0.1, 0.15) is 0 Å². The van der Waals surface area contributed by atoms with Gasteiger partial charge in [0.1, 0.15) is 5.69 Å². The zero-order valence-corrected chi connectivity index (χ0v) is 13.1. The Kier molecular flexibility index (Phi) is 5.33. The van der Waals surface area contributed by atoms with Gasteiger partial charge in [0, 0.05) is 49.8 Å². The lowest BCUT2D eigenvalue weighted by atomic mass is 10.2. The van der Waals surface area contributed by atoms with Crippen molar-refractivity contribution in [1.29, 1.82) is 0 Å². The molecule has 1 N–H and O–H groups in total. The Bertz CT molecular complexity index is 475. The van der Waals surface area contributed by atoms with Gasteiger partial charge in [-0.25, -0.2) is 0 Å². The minimum absolute atomic E-state index is 0.117. The Morgan fingerprint density at radius 3 is 2.70 bits per heavy atom. The second-order valence-electron chi connectivity index (χ2n) is 4.99. The van der Waals surface area contributed by atoms with Crippen LogP contribution in [0.3, 0.4) is 0 Å². The predicted octanol–water partition coefficient (Wildman–Crippen LogP) is 2.02. The largest absolute Gasteiger partial charge is 0.378 e. The van der Waals surface area contributed by atoms with Gasteiger partial charge in [-0.15, -0.1) is 0 Å². The first-order chi connectivity index (χ1) is 9.56. The zero-order valence-electron chi connectivity index (χ0n) is 11.5. The number of nitro benzene ring substituents is 1. The maximum Gasteiger partial charge on any atom is 0.292 e. The average molecular weight is 343 g/mol. The Balaban J connectivity index is 1.87. The average Bonchev–Trinajstić information content (AvgIpc) is 2.41. The molecule has 1 heterocycles. The van der Waals surface area contributed by atoms with Gasteiger partial charge in [-0.3, -0.25) is 15.0 Å². The predicted molar refractivity (Wildman–Crippen MR) is 83.2 cm³/mol. The molecule has 0 radical (unpaired) electrons. The molecule has 0 amide bonds. The smallest absolute Gasteiger partial charge is 0.292 e. The number of benzene rings is 1. The third-order valence-corrected chi connectivity index (χ3v) is 3.99. The summed E-state index contributed by atoms with van der Waals surface area (Å²) in [5.74, 6) is 0. The number of nitro groups is 1. The number of nitrogens with zero attached hydrogens (tertiary/aromatic N) is 3. The SMILES string of the molecule is CN1CCN(CCNc2cc(Br)ccc2[N+](=O)[O-])CC1. The van der Waals surface area contributed by atoms with E-state index >= 15 is 0 Å². The van der Waals surface area contributed by atoms with E-state index in [2.05, 4.69) is 38.1 Å². The van der Waals surface area contributed by atoms with Crippen LogP contribution < -0.4 is 5.32 Å². The third kappa shape index (κ3) is 4.16. The van der Waals surface area contributed by atoms with Crippen LogP contribution in [0.25, 0.3) is 0 Å². The molecule has 0 unspecified atom stereocenters. The number of hydrogen-bond acceptors (Lipinski definition) is 5. The minimum Gasteiger partial charge on any atom is -0.378 e. The lowest BCUT2D eigenvalue weighted by molar-refractivity contribution is -0.384. The van der Waals surface area contributed by atoms with Gasteiger partial charge in [-0.2, -0.15) is 0 Å². The Hall–Kier alpha value is -1.18. The van der Waals surface area contributed by atoms with Crippen LogP contribution in [0.15, 0.2) is 22.7 Å². The van der Waals surface area contributed by atoms with Gasteiger partial charge in [-0.05, 0) is 19.2 Å². The molecule has 110 valence electrons. The van der Waals surface area contributed by atoms with Crippen molar-refractivity contribution in [3.8, 4) is 0 Å². The summed E-state index contributed by atoms with van der Waals surface area (Å²) in [6.07, 6.45) is 0. The van der Waals surface area contributed by atoms with E-state index in [0.29, 0.717) is 12.2 Å². The molecule has 1 aromatic rings.